The van der Waals surface area contributed by atoms with Crippen LogP contribution in [-0.4, -0.2) is 64.2 Å². The van der Waals surface area contributed by atoms with E-state index in [1.54, 1.807) is 44.4 Å². The van der Waals surface area contributed by atoms with Gasteiger partial charge in [0.05, 0.1) is 26.2 Å². The molecule has 0 aliphatic heterocycles. The number of rotatable bonds is 11. The third-order valence-corrected chi connectivity index (χ3v) is 8.01. The number of aryl methyl sites for hydroxylation is 1. The molecule has 38 heavy (non-hydrogen) atoms. The van der Waals surface area contributed by atoms with Crippen molar-refractivity contribution in [1.82, 2.24) is 10.2 Å². The van der Waals surface area contributed by atoms with Crippen molar-refractivity contribution < 1.29 is 27.5 Å². The maximum absolute atomic E-state index is 13.8. The van der Waals surface area contributed by atoms with Gasteiger partial charge in [-0.25, -0.2) is 8.42 Å². The minimum atomic E-state index is -3.86. The van der Waals surface area contributed by atoms with Crippen LogP contribution in [0.3, 0.4) is 0 Å². The van der Waals surface area contributed by atoms with Gasteiger partial charge in [0.1, 0.15) is 24.1 Å². The van der Waals surface area contributed by atoms with Crippen molar-refractivity contribution in [3.63, 3.8) is 0 Å². The Morgan fingerprint density at radius 1 is 1.05 bits per heavy atom. The number of hydrogen-bond donors (Lipinski definition) is 1. The highest BCUT2D eigenvalue weighted by atomic mass is 32.2. The lowest BCUT2D eigenvalue weighted by Gasteiger charge is -2.33. The molecule has 2 amide bonds. The fourth-order valence-corrected chi connectivity index (χ4v) is 5.55. The smallest absolute Gasteiger partial charge is 0.244 e. The molecule has 1 fully saturated rings. The van der Waals surface area contributed by atoms with Crippen molar-refractivity contribution in [3.05, 3.63) is 53.6 Å². The molecule has 0 bridgehead atoms. The van der Waals surface area contributed by atoms with E-state index in [4.69, 9.17) is 9.47 Å². The predicted octanol–water partition coefficient (Wildman–Crippen LogP) is 3.64. The van der Waals surface area contributed by atoms with Gasteiger partial charge in [-0.15, -0.1) is 0 Å². The van der Waals surface area contributed by atoms with Crippen molar-refractivity contribution in [2.75, 3.05) is 31.3 Å². The summed E-state index contributed by atoms with van der Waals surface area (Å²) >= 11 is 0. The third kappa shape index (κ3) is 7.63. The Hall–Kier alpha value is -3.27. The molecule has 1 atom stereocenters. The first-order chi connectivity index (χ1) is 18.0. The van der Waals surface area contributed by atoms with Crippen molar-refractivity contribution >= 4 is 27.5 Å². The summed E-state index contributed by atoms with van der Waals surface area (Å²) in [6, 6.07) is 11.6. The molecule has 9 nitrogen and oxygen atoms in total. The van der Waals surface area contributed by atoms with Crippen molar-refractivity contribution in [1.29, 1.82) is 0 Å². The number of nitrogens with one attached hydrogen (secondary N) is 1. The maximum Gasteiger partial charge on any atom is 0.244 e. The average Bonchev–Trinajstić information content (AvgIpc) is 2.89. The lowest BCUT2D eigenvalue weighted by molar-refractivity contribution is -0.139. The number of sulfonamides is 1. The van der Waals surface area contributed by atoms with Crippen LogP contribution < -0.4 is 19.1 Å². The molecule has 0 spiro atoms. The number of carbonyl (C=O) groups is 2. The van der Waals surface area contributed by atoms with E-state index in [1.807, 2.05) is 19.1 Å². The van der Waals surface area contributed by atoms with E-state index < -0.39 is 28.5 Å². The largest absolute Gasteiger partial charge is 0.497 e. The highest BCUT2D eigenvalue weighted by Crippen LogP contribution is 2.31. The molecule has 0 saturated heterocycles. The summed E-state index contributed by atoms with van der Waals surface area (Å²) in [5.74, 6) is 0.188. The van der Waals surface area contributed by atoms with E-state index in [-0.39, 0.29) is 24.2 Å². The van der Waals surface area contributed by atoms with Crippen LogP contribution in [0.15, 0.2) is 42.5 Å². The van der Waals surface area contributed by atoms with Crippen LogP contribution >= 0.6 is 0 Å². The van der Waals surface area contributed by atoms with E-state index in [2.05, 4.69) is 5.32 Å². The van der Waals surface area contributed by atoms with Crippen molar-refractivity contribution in [3.8, 4) is 11.5 Å². The van der Waals surface area contributed by atoms with Gasteiger partial charge >= 0.3 is 0 Å². The Morgan fingerprint density at radius 2 is 1.76 bits per heavy atom. The van der Waals surface area contributed by atoms with Crippen LogP contribution in [0, 0.1) is 6.92 Å². The fraction of sp³-hybridized carbons (Fsp3) is 0.500. The van der Waals surface area contributed by atoms with Gasteiger partial charge in [-0.05, 0) is 62.1 Å². The number of carbonyl (C=O) groups excluding carboxylic acids is 2. The molecule has 0 unspecified atom stereocenters. The summed E-state index contributed by atoms with van der Waals surface area (Å²) in [5, 5.41) is 3.09. The van der Waals surface area contributed by atoms with Crippen LogP contribution in [0.4, 0.5) is 5.69 Å². The molecule has 1 aliphatic carbocycles. The lowest BCUT2D eigenvalue weighted by atomic mass is 9.95. The monoisotopic (exact) mass is 545 g/mol. The van der Waals surface area contributed by atoms with Gasteiger partial charge in [0.15, 0.2) is 0 Å². The first kappa shape index (κ1) is 29.3. The Labute approximate surface area is 226 Å². The van der Waals surface area contributed by atoms with E-state index in [9.17, 15) is 18.0 Å². The predicted molar refractivity (Wildman–Crippen MR) is 148 cm³/mol. The summed E-state index contributed by atoms with van der Waals surface area (Å²) in [6.07, 6.45) is 6.16. The summed E-state index contributed by atoms with van der Waals surface area (Å²) in [6.45, 7) is 3.13. The zero-order valence-corrected chi connectivity index (χ0v) is 23.7. The van der Waals surface area contributed by atoms with Gasteiger partial charge in [0.25, 0.3) is 0 Å². The van der Waals surface area contributed by atoms with E-state index in [0.717, 1.165) is 53.8 Å². The highest BCUT2D eigenvalue weighted by molar-refractivity contribution is 7.92. The van der Waals surface area contributed by atoms with Crippen LogP contribution in [0.2, 0.25) is 0 Å². The molecule has 10 heteroatoms. The summed E-state index contributed by atoms with van der Waals surface area (Å²) in [7, 11) is -0.858. The Balaban J connectivity index is 1.93. The van der Waals surface area contributed by atoms with E-state index >= 15 is 0 Å². The second-order valence-electron chi connectivity index (χ2n) is 9.84. The Morgan fingerprint density at radius 3 is 2.39 bits per heavy atom. The van der Waals surface area contributed by atoms with Crippen LogP contribution in [0.5, 0.6) is 11.5 Å². The number of amides is 2. The standard InChI is InChI=1S/C28H39N3O6S/c1-20-14-15-26(37-4)25(16-20)31(38(5,34)35)19-27(32)30(18-22-10-9-13-24(17-22)36-3)21(2)28(33)29-23-11-7-6-8-12-23/h9-10,13-17,21,23H,6-8,11-12,18-19H2,1-5H3,(H,29,33)/t21-/m0/s1. The first-order valence-corrected chi connectivity index (χ1v) is 14.7. The number of benzene rings is 2. The highest BCUT2D eigenvalue weighted by Gasteiger charge is 2.32. The minimum Gasteiger partial charge on any atom is -0.497 e. The maximum atomic E-state index is 13.8. The molecule has 0 aromatic heterocycles. The molecule has 1 saturated carbocycles. The quantitative estimate of drug-likeness (QED) is 0.462. The topological polar surface area (TPSA) is 105 Å². The number of hydrogen-bond acceptors (Lipinski definition) is 6. The van der Waals surface area contributed by atoms with Gasteiger partial charge in [-0.3, -0.25) is 13.9 Å². The molecular formula is C28H39N3O6S. The molecule has 1 N–H and O–H groups in total. The van der Waals surface area contributed by atoms with Gasteiger partial charge in [0.2, 0.25) is 21.8 Å². The SMILES string of the molecule is COc1cccc(CN(C(=O)CN(c2cc(C)ccc2OC)S(C)(=O)=O)[C@@H](C)C(=O)NC2CCCCC2)c1. The summed E-state index contributed by atoms with van der Waals surface area (Å²) < 4.78 is 37.5. The fourth-order valence-electron chi connectivity index (χ4n) is 4.71. The first-order valence-electron chi connectivity index (χ1n) is 12.9. The lowest BCUT2D eigenvalue weighted by Crippen LogP contribution is -2.53. The minimum absolute atomic E-state index is 0.0801. The number of nitrogens with zero attached hydrogens (tertiary/aromatic N) is 2. The second kappa shape index (κ2) is 13.0. The summed E-state index contributed by atoms with van der Waals surface area (Å²) in [5.41, 5.74) is 1.84. The van der Waals surface area contributed by atoms with E-state index in [1.165, 1.54) is 12.0 Å². The number of ether oxygens (including phenoxy) is 2. The molecule has 0 heterocycles. The molecule has 208 valence electrons. The molecular weight excluding hydrogens is 506 g/mol. The van der Waals surface area contributed by atoms with Crippen molar-refractivity contribution in [2.24, 2.45) is 0 Å². The average molecular weight is 546 g/mol. The van der Waals surface area contributed by atoms with Crippen LogP contribution in [0.1, 0.15) is 50.2 Å². The molecule has 1 aliphatic rings. The molecule has 0 radical (unpaired) electrons. The number of anilines is 1. The second-order valence-corrected chi connectivity index (χ2v) is 11.7. The van der Waals surface area contributed by atoms with Crippen LogP contribution in [-0.2, 0) is 26.2 Å². The zero-order chi connectivity index (χ0) is 27.9. The van der Waals surface area contributed by atoms with Gasteiger partial charge in [0, 0.05) is 12.6 Å². The number of methoxy groups -OCH3 is 2. The normalized spacial score (nSPS) is 14.9. The van der Waals surface area contributed by atoms with Gasteiger partial charge < -0.3 is 19.7 Å². The van der Waals surface area contributed by atoms with Crippen molar-refractivity contribution in [2.45, 2.75) is 64.6 Å². The Kier molecular flexibility index (Phi) is 10.0. The molecule has 2 aromatic carbocycles. The molecule has 3 rings (SSSR count). The Bertz CT molecular complexity index is 1230. The van der Waals surface area contributed by atoms with Crippen LogP contribution in [0.25, 0.3) is 0 Å². The zero-order valence-electron chi connectivity index (χ0n) is 22.9. The molecule has 2 aromatic rings. The summed E-state index contributed by atoms with van der Waals surface area (Å²) in [4.78, 5) is 28.5. The van der Waals surface area contributed by atoms with Gasteiger partial charge in [-0.2, -0.15) is 0 Å². The third-order valence-electron chi connectivity index (χ3n) is 6.89. The van der Waals surface area contributed by atoms with Gasteiger partial charge in [-0.1, -0.05) is 37.5 Å². The van der Waals surface area contributed by atoms with E-state index in [0.29, 0.717) is 11.5 Å².